The zero-order valence-electron chi connectivity index (χ0n) is 14.6. The summed E-state index contributed by atoms with van der Waals surface area (Å²) < 4.78 is 23.9. The van der Waals surface area contributed by atoms with Crippen LogP contribution in [0.25, 0.3) is 10.9 Å². The van der Waals surface area contributed by atoms with E-state index in [-0.39, 0.29) is 17.0 Å². The summed E-state index contributed by atoms with van der Waals surface area (Å²) in [6.07, 6.45) is 2.92. The number of sulfone groups is 1. The van der Waals surface area contributed by atoms with Gasteiger partial charge in [0.05, 0.1) is 11.6 Å². The minimum atomic E-state index is -3.46. The van der Waals surface area contributed by atoms with Crippen LogP contribution in [0, 0.1) is 0 Å². The second-order valence-corrected chi connectivity index (χ2v) is 9.15. The number of nitrogens with zero attached hydrogens (tertiary/aromatic N) is 2. The van der Waals surface area contributed by atoms with Gasteiger partial charge in [-0.15, -0.1) is 0 Å². The predicted molar refractivity (Wildman–Crippen MR) is 104 cm³/mol. The molecule has 0 saturated carbocycles. The molecule has 2 heterocycles. The maximum Gasteiger partial charge on any atom is 0.254 e. The Morgan fingerprint density at radius 1 is 1.22 bits per heavy atom. The molecule has 1 aliphatic rings. The van der Waals surface area contributed by atoms with Crippen molar-refractivity contribution in [1.29, 1.82) is 0 Å². The molecule has 1 aromatic heterocycles. The first-order valence-electron chi connectivity index (χ1n) is 8.59. The number of aromatic amines is 1. The molecule has 1 atom stereocenters. The number of fused-ring (bicyclic) bond motifs is 1. The lowest BCUT2D eigenvalue weighted by molar-refractivity contribution is 0.0736. The third-order valence-corrected chi connectivity index (χ3v) is 6.21. The van der Waals surface area contributed by atoms with Crippen molar-refractivity contribution < 1.29 is 13.2 Å². The summed E-state index contributed by atoms with van der Waals surface area (Å²) in [5, 5.41) is 7.69. The lowest BCUT2D eigenvalue weighted by Gasteiger charge is -2.25. The van der Waals surface area contributed by atoms with E-state index in [2.05, 4.69) is 10.2 Å². The minimum absolute atomic E-state index is 0.0100. The number of H-pyrrole nitrogens is 1. The number of carbonyl (C=O) groups excluding carboxylic acids is 1. The number of likely N-dealkylation sites (tertiary alicyclic amines) is 1. The van der Waals surface area contributed by atoms with Crippen LogP contribution in [0.2, 0.25) is 5.02 Å². The number of benzene rings is 2. The van der Waals surface area contributed by atoms with Crippen LogP contribution in [0.4, 0.5) is 0 Å². The van der Waals surface area contributed by atoms with Gasteiger partial charge in [-0.25, -0.2) is 8.42 Å². The number of halogens is 1. The van der Waals surface area contributed by atoms with Crippen molar-refractivity contribution in [2.45, 2.75) is 23.9 Å². The SMILES string of the molecule is CS(=O)(=O)c1[nH]nc2ccc(C(=O)N3CCCC3c3ccc(Cl)cc3)cc12. The molecule has 1 aliphatic heterocycles. The van der Waals surface area contributed by atoms with Crippen molar-refractivity contribution in [2.75, 3.05) is 12.8 Å². The second kappa shape index (κ2) is 6.65. The van der Waals surface area contributed by atoms with Gasteiger partial charge >= 0.3 is 0 Å². The molecule has 0 bridgehead atoms. The Balaban J connectivity index is 1.70. The molecule has 1 N–H and O–H groups in total. The number of aromatic nitrogens is 2. The summed E-state index contributed by atoms with van der Waals surface area (Å²) in [7, 11) is -3.46. The van der Waals surface area contributed by atoms with Crippen LogP contribution in [-0.2, 0) is 9.84 Å². The Bertz CT molecular complexity index is 1120. The lowest BCUT2D eigenvalue weighted by Crippen LogP contribution is -2.30. The van der Waals surface area contributed by atoms with E-state index >= 15 is 0 Å². The molecular formula is C19H18ClN3O3S. The van der Waals surface area contributed by atoms with E-state index in [0.29, 0.717) is 28.0 Å². The molecule has 1 saturated heterocycles. The second-order valence-electron chi connectivity index (χ2n) is 6.76. The fourth-order valence-corrected chi connectivity index (χ4v) is 4.51. The van der Waals surface area contributed by atoms with Gasteiger partial charge in [-0.05, 0) is 48.7 Å². The zero-order chi connectivity index (χ0) is 19.2. The Kier molecular flexibility index (Phi) is 4.44. The van der Waals surface area contributed by atoms with Gasteiger partial charge < -0.3 is 4.90 Å². The van der Waals surface area contributed by atoms with Crippen molar-refractivity contribution in [2.24, 2.45) is 0 Å². The lowest BCUT2D eigenvalue weighted by atomic mass is 10.0. The highest BCUT2D eigenvalue weighted by Crippen LogP contribution is 2.34. The predicted octanol–water partition coefficient (Wildman–Crippen LogP) is 3.60. The first-order valence-corrected chi connectivity index (χ1v) is 10.9. The summed E-state index contributed by atoms with van der Waals surface area (Å²) in [6.45, 7) is 0.661. The largest absolute Gasteiger partial charge is 0.332 e. The molecule has 0 radical (unpaired) electrons. The van der Waals surface area contributed by atoms with E-state index in [4.69, 9.17) is 11.6 Å². The first-order chi connectivity index (χ1) is 12.8. The van der Waals surface area contributed by atoms with E-state index in [9.17, 15) is 13.2 Å². The van der Waals surface area contributed by atoms with Crippen molar-refractivity contribution in [3.8, 4) is 0 Å². The molecule has 2 aromatic carbocycles. The van der Waals surface area contributed by atoms with Gasteiger partial charge in [-0.3, -0.25) is 9.89 Å². The maximum absolute atomic E-state index is 13.1. The van der Waals surface area contributed by atoms with Gasteiger partial charge in [-0.1, -0.05) is 23.7 Å². The van der Waals surface area contributed by atoms with Crippen LogP contribution in [0.15, 0.2) is 47.5 Å². The van der Waals surface area contributed by atoms with E-state index in [1.165, 1.54) is 0 Å². The third kappa shape index (κ3) is 3.33. The Morgan fingerprint density at radius 2 is 1.96 bits per heavy atom. The Hall–Kier alpha value is -2.38. The van der Waals surface area contributed by atoms with Gasteiger partial charge in [0.2, 0.25) is 0 Å². The highest BCUT2D eigenvalue weighted by Gasteiger charge is 2.31. The molecule has 8 heteroatoms. The number of carbonyl (C=O) groups is 1. The van der Waals surface area contributed by atoms with Gasteiger partial charge in [0.25, 0.3) is 5.91 Å². The van der Waals surface area contributed by atoms with E-state index < -0.39 is 9.84 Å². The molecule has 1 amide bonds. The van der Waals surface area contributed by atoms with Gasteiger partial charge in [0.15, 0.2) is 14.9 Å². The average Bonchev–Trinajstić information content (AvgIpc) is 3.27. The van der Waals surface area contributed by atoms with Crippen LogP contribution < -0.4 is 0 Å². The number of amides is 1. The smallest absolute Gasteiger partial charge is 0.254 e. The topological polar surface area (TPSA) is 83.1 Å². The monoisotopic (exact) mass is 403 g/mol. The molecule has 3 aromatic rings. The van der Waals surface area contributed by atoms with E-state index in [0.717, 1.165) is 24.7 Å². The van der Waals surface area contributed by atoms with Crippen molar-refractivity contribution >= 4 is 38.2 Å². The maximum atomic E-state index is 13.1. The summed E-state index contributed by atoms with van der Waals surface area (Å²) in [5.41, 5.74) is 2.02. The van der Waals surface area contributed by atoms with Gasteiger partial charge in [-0.2, -0.15) is 5.10 Å². The van der Waals surface area contributed by atoms with Crippen LogP contribution in [0.5, 0.6) is 0 Å². The van der Waals surface area contributed by atoms with E-state index in [1.807, 2.05) is 29.2 Å². The van der Waals surface area contributed by atoms with Gasteiger partial charge in [0, 0.05) is 28.8 Å². The first kappa shape index (κ1) is 18.0. The number of hydrogen-bond donors (Lipinski definition) is 1. The Morgan fingerprint density at radius 3 is 2.67 bits per heavy atom. The zero-order valence-corrected chi connectivity index (χ0v) is 16.2. The molecule has 1 fully saturated rings. The molecule has 6 nitrogen and oxygen atoms in total. The fraction of sp³-hybridized carbons (Fsp3) is 0.263. The molecule has 27 heavy (non-hydrogen) atoms. The van der Waals surface area contributed by atoms with Crippen LogP contribution in [-0.4, -0.2) is 42.2 Å². The molecule has 0 aliphatic carbocycles. The van der Waals surface area contributed by atoms with E-state index in [1.54, 1.807) is 18.2 Å². The number of rotatable bonds is 3. The summed E-state index contributed by atoms with van der Waals surface area (Å²) in [4.78, 5) is 15.0. The van der Waals surface area contributed by atoms with Gasteiger partial charge in [0.1, 0.15) is 0 Å². The third-order valence-electron chi connectivity index (χ3n) is 4.91. The minimum Gasteiger partial charge on any atom is -0.332 e. The summed E-state index contributed by atoms with van der Waals surface area (Å²) >= 11 is 5.97. The average molecular weight is 404 g/mol. The fourth-order valence-electron chi connectivity index (χ4n) is 3.61. The molecule has 140 valence electrons. The van der Waals surface area contributed by atoms with Crippen LogP contribution in [0.3, 0.4) is 0 Å². The normalized spacial score (nSPS) is 17.6. The summed E-state index contributed by atoms with van der Waals surface area (Å²) in [6, 6.07) is 12.5. The Labute approximate surface area is 162 Å². The number of hydrogen-bond acceptors (Lipinski definition) is 4. The van der Waals surface area contributed by atoms with Crippen LogP contribution in [0.1, 0.15) is 34.8 Å². The standard InChI is InChI=1S/C19H18ClN3O3S/c1-27(25,26)18-15-11-13(6-9-16(15)21-22-18)19(24)23-10-2-3-17(23)12-4-7-14(20)8-5-12/h4-9,11,17H,2-3,10H2,1H3,(H,21,22). The van der Waals surface area contributed by atoms with Crippen molar-refractivity contribution in [3.63, 3.8) is 0 Å². The molecule has 4 rings (SSSR count). The quantitative estimate of drug-likeness (QED) is 0.724. The number of nitrogens with one attached hydrogen (secondary N) is 1. The van der Waals surface area contributed by atoms with Crippen molar-refractivity contribution in [3.05, 3.63) is 58.6 Å². The highest BCUT2D eigenvalue weighted by atomic mass is 35.5. The van der Waals surface area contributed by atoms with Crippen molar-refractivity contribution in [1.82, 2.24) is 15.1 Å². The molecule has 0 spiro atoms. The highest BCUT2D eigenvalue weighted by molar-refractivity contribution is 7.90. The molecular weight excluding hydrogens is 386 g/mol. The van der Waals surface area contributed by atoms with Crippen LogP contribution >= 0.6 is 11.6 Å². The molecule has 1 unspecified atom stereocenters. The summed E-state index contributed by atoms with van der Waals surface area (Å²) in [5.74, 6) is -0.116.